The second kappa shape index (κ2) is 6.11. The van der Waals surface area contributed by atoms with Gasteiger partial charge in [-0.1, -0.05) is 29.8 Å². The molecular formula is C14H13ClN2O2. The quantitative estimate of drug-likeness (QED) is 0.664. The van der Waals surface area contributed by atoms with E-state index < -0.39 is 0 Å². The summed E-state index contributed by atoms with van der Waals surface area (Å²) < 4.78 is 5.01. The number of aromatic hydroxyl groups is 1. The van der Waals surface area contributed by atoms with Crippen molar-refractivity contribution in [3.05, 3.63) is 53.1 Å². The molecule has 0 unspecified atom stereocenters. The molecule has 0 saturated heterocycles. The van der Waals surface area contributed by atoms with Crippen LogP contribution in [0.25, 0.3) is 0 Å². The Labute approximate surface area is 116 Å². The third kappa shape index (κ3) is 3.39. The van der Waals surface area contributed by atoms with Crippen LogP contribution in [0.1, 0.15) is 5.56 Å². The fourth-order valence-electron chi connectivity index (χ4n) is 1.52. The normalized spacial score (nSPS) is 10.6. The van der Waals surface area contributed by atoms with E-state index in [2.05, 4.69) is 10.5 Å². The molecule has 0 fully saturated rings. The Bertz CT molecular complexity index is 585. The number of ether oxygens (including phenoxy) is 1. The number of nitrogens with zero attached hydrogens (tertiary/aromatic N) is 1. The fourth-order valence-corrected chi connectivity index (χ4v) is 1.74. The van der Waals surface area contributed by atoms with Gasteiger partial charge >= 0.3 is 0 Å². The number of nitrogens with one attached hydrogen (secondary N) is 1. The maximum absolute atomic E-state index is 9.61. The predicted molar refractivity (Wildman–Crippen MR) is 77.3 cm³/mol. The molecule has 0 aliphatic heterocycles. The maximum atomic E-state index is 9.61. The van der Waals surface area contributed by atoms with E-state index in [0.717, 1.165) is 11.3 Å². The summed E-state index contributed by atoms with van der Waals surface area (Å²) >= 11 is 5.88. The van der Waals surface area contributed by atoms with Crippen LogP contribution in [0.5, 0.6) is 11.5 Å². The van der Waals surface area contributed by atoms with E-state index in [9.17, 15) is 5.11 Å². The molecule has 0 bridgehead atoms. The van der Waals surface area contributed by atoms with Crippen LogP contribution >= 0.6 is 11.6 Å². The third-order valence-corrected chi connectivity index (χ3v) is 2.74. The van der Waals surface area contributed by atoms with Crippen molar-refractivity contribution in [2.24, 2.45) is 5.10 Å². The SMILES string of the molecule is COc1cc(C=NNc2ccccc2)cc(Cl)c1O. The molecule has 0 aromatic heterocycles. The van der Waals surface area contributed by atoms with Gasteiger partial charge in [-0.3, -0.25) is 5.43 Å². The first-order valence-electron chi connectivity index (χ1n) is 5.61. The van der Waals surface area contributed by atoms with Crippen molar-refractivity contribution in [1.82, 2.24) is 0 Å². The molecular weight excluding hydrogens is 264 g/mol. The van der Waals surface area contributed by atoms with Gasteiger partial charge in [0, 0.05) is 0 Å². The lowest BCUT2D eigenvalue weighted by Crippen LogP contribution is -1.92. The summed E-state index contributed by atoms with van der Waals surface area (Å²) in [6, 6.07) is 12.8. The molecule has 0 aliphatic rings. The highest BCUT2D eigenvalue weighted by Crippen LogP contribution is 2.34. The molecule has 4 nitrogen and oxygen atoms in total. The number of phenolic OH excluding ortho intramolecular Hbond substituents is 1. The smallest absolute Gasteiger partial charge is 0.176 e. The Balaban J connectivity index is 2.13. The van der Waals surface area contributed by atoms with Gasteiger partial charge in [0.25, 0.3) is 0 Å². The zero-order chi connectivity index (χ0) is 13.7. The topological polar surface area (TPSA) is 53.8 Å². The molecule has 0 atom stereocenters. The molecule has 19 heavy (non-hydrogen) atoms. The molecule has 2 rings (SSSR count). The Kier molecular flexibility index (Phi) is 4.26. The summed E-state index contributed by atoms with van der Waals surface area (Å²) in [7, 11) is 1.47. The summed E-state index contributed by atoms with van der Waals surface area (Å²) in [5.74, 6) is 0.242. The number of hydrazone groups is 1. The van der Waals surface area contributed by atoms with Crippen molar-refractivity contribution >= 4 is 23.5 Å². The molecule has 0 spiro atoms. The molecule has 0 radical (unpaired) electrons. The number of halogens is 1. The number of benzene rings is 2. The van der Waals surface area contributed by atoms with Crippen molar-refractivity contribution in [2.45, 2.75) is 0 Å². The Hall–Kier alpha value is -2.20. The highest BCUT2D eigenvalue weighted by molar-refractivity contribution is 6.32. The van der Waals surface area contributed by atoms with Gasteiger partial charge in [0.2, 0.25) is 0 Å². The van der Waals surface area contributed by atoms with Crippen LogP contribution in [-0.2, 0) is 0 Å². The number of hydrogen-bond acceptors (Lipinski definition) is 4. The number of phenols is 1. The molecule has 2 aromatic rings. The van der Waals surface area contributed by atoms with Crippen LogP contribution in [0.15, 0.2) is 47.6 Å². The summed E-state index contributed by atoms with van der Waals surface area (Å²) in [4.78, 5) is 0. The first-order valence-corrected chi connectivity index (χ1v) is 5.99. The highest BCUT2D eigenvalue weighted by atomic mass is 35.5. The van der Waals surface area contributed by atoms with Crippen molar-refractivity contribution in [3.63, 3.8) is 0 Å². The van der Waals surface area contributed by atoms with Crippen LogP contribution < -0.4 is 10.2 Å². The van der Waals surface area contributed by atoms with Crippen molar-refractivity contribution < 1.29 is 9.84 Å². The third-order valence-electron chi connectivity index (χ3n) is 2.45. The first-order chi connectivity index (χ1) is 9.20. The van der Waals surface area contributed by atoms with Crippen molar-refractivity contribution in [2.75, 3.05) is 12.5 Å². The van der Waals surface area contributed by atoms with E-state index in [-0.39, 0.29) is 10.8 Å². The number of para-hydroxylation sites is 1. The summed E-state index contributed by atoms with van der Waals surface area (Å²) in [5.41, 5.74) is 4.50. The summed E-state index contributed by atoms with van der Waals surface area (Å²) in [6.45, 7) is 0. The lowest BCUT2D eigenvalue weighted by atomic mass is 10.2. The molecule has 2 aromatic carbocycles. The van der Waals surface area contributed by atoms with Crippen LogP contribution in [0, 0.1) is 0 Å². The van der Waals surface area contributed by atoms with Crippen molar-refractivity contribution in [3.8, 4) is 11.5 Å². The maximum Gasteiger partial charge on any atom is 0.176 e. The molecule has 0 saturated carbocycles. The lowest BCUT2D eigenvalue weighted by Gasteiger charge is -2.06. The van der Waals surface area contributed by atoms with Gasteiger partial charge in [0.15, 0.2) is 11.5 Å². The zero-order valence-electron chi connectivity index (χ0n) is 10.3. The molecule has 98 valence electrons. The Morgan fingerprint density at radius 3 is 2.68 bits per heavy atom. The first kappa shape index (κ1) is 13.2. The highest BCUT2D eigenvalue weighted by Gasteiger charge is 2.07. The zero-order valence-corrected chi connectivity index (χ0v) is 11.1. The number of anilines is 1. The van der Waals surface area contributed by atoms with Crippen LogP contribution in [0.2, 0.25) is 5.02 Å². The van der Waals surface area contributed by atoms with Gasteiger partial charge in [-0.25, -0.2) is 0 Å². The standard InChI is InChI=1S/C14H13ClN2O2/c1-19-13-8-10(7-12(15)14(13)18)9-16-17-11-5-3-2-4-6-11/h2-9,17-18H,1H3. The fraction of sp³-hybridized carbons (Fsp3) is 0.0714. The second-order valence-electron chi connectivity index (χ2n) is 3.79. The van der Waals surface area contributed by atoms with E-state index in [1.54, 1.807) is 18.3 Å². The Morgan fingerprint density at radius 1 is 1.26 bits per heavy atom. The summed E-state index contributed by atoms with van der Waals surface area (Å²) in [5, 5.41) is 13.9. The average Bonchev–Trinajstić information content (AvgIpc) is 2.43. The lowest BCUT2D eigenvalue weighted by molar-refractivity contribution is 0.373. The van der Waals surface area contributed by atoms with E-state index >= 15 is 0 Å². The molecule has 0 heterocycles. The van der Waals surface area contributed by atoms with Crippen LogP contribution in [0.3, 0.4) is 0 Å². The van der Waals surface area contributed by atoms with Gasteiger partial charge in [-0.2, -0.15) is 5.10 Å². The molecule has 0 aliphatic carbocycles. The molecule has 5 heteroatoms. The predicted octanol–water partition coefficient (Wildman–Crippen LogP) is 3.50. The van der Waals surface area contributed by atoms with Gasteiger partial charge in [0.05, 0.1) is 24.0 Å². The minimum absolute atomic E-state index is 0.0719. The monoisotopic (exact) mass is 276 g/mol. The average molecular weight is 277 g/mol. The number of rotatable bonds is 4. The van der Waals surface area contributed by atoms with E-state index in [1.165, 1.54) is 7.11 Å². The Morgan fingerprint density at radius 2 is 2.00 bits per heavy atom. The molecule has 2 N–H and O–H groups in total. The van der Waals surface area contributed by atoms with Gasteiger partial charge in [-0.15, -0.1) is 0 Å². The minimum Gasteiger partial charge on any atom is -0.503 e. The minimum atomic E-state index is -0.0719. The largest absolute Gasteiger partial charge is 0.503 e. The van der Waals surface area contributed by atoms with E-state index in [1.807, 2.05) is 30.3 Å². The van der Waals surface area contributed by atoms with E-state index in [4.69, 9.17) is 16.3 Å². The van der Waals surface area contributed by atoms with Gasteiger partial charge in [0.1, 0.15) is 0 Å². The van der Waals surface area contributed by atoms with Gasteiger partial charge in [-0.05, 0) is 29.8 Å². The second-order valence-corrected chi connectivity index (χ2v) is 4.20. The van der Waals surface area contributed by atoms with Crippen LogP contribution in [-0.4, -0.2) is 18.4 Å². The summed E-state index contributed by atoms with van der Waals surface area (Å²) in [6.07, 6.45) is 1.60. The van der Waals surface area contributed by atoms with E-state index in [0.29, 0.717) is 5.75 Å². The molecule has 0 amide bonds. The number of hydrogen-bond donors (Lipinski definition) is 2. The number of methoxy groups -OCH3 is 1. The van der Waals surface area contributed by atoms with Crippen LogP contribution in [0.4, 0.5) is 5.69 Å². The van der Waals surface area contributed by atoms with Crippen molar-refractivity contribution in [1.29, 1.82) is 0 Å². The van der Waals surface area contributed by atoms with Gasteiger partial charge < -0.3 is 9.84 Å².